The molecule has 0 N–H and O–H groups in total. The molecule has 0 amide bonds. The average Bonchev–Trinajstić information content (AvgIpc) is 1.84. The zero-order valence-corrected chi connectivity index (χ0v) is 7.31. The average molecular weight is 154 g/mol. The summed E-state index contributed by atoms with van der Waals surface area (Å²) in [5.41, 5.74) is -0.702. The molecule has 1 aliphatic carbocycles. The summed E-state index contributed by atoms with van der Waals surface area (Å²) in [6.45, 7) is 5.40. The molecule has 0 heterocycles. The Morgan fingerprint density at radius 2 is 1.55 bits per heavy atom. The summed E-state index contributed by atoms with van der Waals surface area (Å²) < 4.78 is 0. The number of carbonyl (C=O) groups excluding carboxylic acids is 2. The summed E-state index contributed by atoms with van der Waals surface area (Å²) in [4.78, 5) is 22.6. The molecule has 0 radical (unpaired) electrons. The van der Waals surface area contributed by atoms with E-state index in [0.717, 1.165) is 0 Å². The fourth-order valence-electron chi connectivity index (χ4n) is 1.37. The van der Waals surface area contributed by atoms with Gasteiger partial charge in [-0.1, -0.05) is 6.92 Å². The Labute approximate surface area is 67.0 Å². The Hall–Kier alpha value is -0.660. The van der Waals surface area contributed by atoms with E-state index >= 15 is 0 Å². The van der Waals surface area contributed by atoms with Gasteiger partial charge in [0.25, 0.3) is 0 Å². The van der Waals surface area contributed by atoms with Crippen LogP contribution in [0.2, 0.25) is 0 Å². The Bertz CT molecular complexity index is 184. The number of ketones is 2. The zero-order chi connectivity index (χ0) is 8.65. The highest BCUT2D eigenvalue weighted by molar-refractivity contribution is 6.08. The molecule has 0 saturated heterocycles. The number of hydrogen-bond donors (Lipinski definition) is 0. The number of rotatable bonds is 0. The maximum Gasteiger partial charge on any atom is 0.146 e. The molecule has 0 atom stereocenters. The van der Waals surface area contributed by atoms with Crippen LogP contribution in [0, 0.1) is 11.3 Å². The lowest BCUT2D eigenvalue weighted by molar-refractivity contribution is -0.143. The maximum atomic E-state index is 11.3. The fourth-order valence-corrected chi connectivity index (χ4v) is 1.37. The molecule has 1 saturated carbocycles. The van der Waals surface area contributed by atoms with Crippen LogP contribution in [-0.4, -0.2) is 11.6 Å². The highest BCUT2D eigenvalue weighted by atomic mass is 16.2. The minimum absolute atomic E-state index is 0.0984. The van der Waals surface area contributed by atoms with E-state index < -0.39 is 5.41 Å². The lowest BCUT2D eigenvalue weighted by Gasteiger charge is -2.29. The van der Waals surface area contributed by atoms with E-state index in [1.165, 1.54) is 0 Å². The van der Waals surface area contributed by atoms with E-state index in [4.69, 9.17) is 0 Å². The van der Waals surface area contributed by atoms with Crippen molar-refractivity contribution in [1.29, 1.82) is 0 Å². The predicted molar refractivity (Wildman–Crippen MR) is 42.2 cm³/mol. The lowest BCUT2D eigenvalue weighted by atomic mass is 9.71. The van der Waals surface area contributed by atoms with Gasteiger partial charge < -0.3 is 0 Å². The Morgan fingerprint density at radius 1 is 1.18 bits per heavy atom. The SMILES string of the molecule is CC1CC(=O)C(C)(C)C(=O)C1. The van der Waals surface area contributed by atoms with E-state index in [9.17, 15) is 9.59 Å². The predicted octanol–water partition coefficient (Wildman–Crippen LogP) is 1.58. The summed E-state index contributed by atoms with van der Waals surface area (Å²) >= 11 is 0. The number of Topliss-reactive ketones (excluding diaryl/α,β-unsaturated/α-hetero) is 2. The molecule has 11 heavy (non-hydrogen) atoms. The van der Waals surface area contributed by atoms with Gasteiger partial charge in [0.15, 0.2) is 0 Å². The van der Waals surface area contributed by atoms with E-state index in [0.29, 0.717) is 12.8 Å². The van der Waals surface area contributed by atoms with Crippen LogP contribution in [0.3, 0.4) is 0 Å². The molecule has 0 aliphatic heterocycles. The molecule has 1 aliphatic rings. The van der Waals surface area contributed by atoms with Gasteiger partial charge in [0.1, 0.15) is 11.6 Å². The first-order valence-electron chi connectivity index (χ1n) is 4.01. The topological polar surface area (TPSA) is 34.1 Å². The minimum atomic E-state index is -0.702. The molecule has 0 aromatic rings. The lowest BCUT2D eigenvalue weighted by Crippen LogP contribution is -2.39. The van der Waals surface area contributed by atoms with Crippen molar-refractivity contribution < 1.29 is 9.59 Å². The first-order chi connectivity index (χ1) is 4.94. The van der Waals surface area contributed by atoms with E-state index in [2.05, 4.69) is 0 Å². The van der Waals surface area contributed by atoms with Crippen molar-refractivity contribution in [2.45, 2.75) is 33.6 Å². The molecular formula is C9H14O2. The number of hydrogen-bond acceptors (Lipinski definition) is 2. The molecule has 0 unspecified atom stereocenters. The Morgan fingerprint density at radius 3 is 1.91 bits per heavy atom. The summed E-state index contributed by atoms with van der Waals surface area (Å²) in [5, 5.41) is 0. The van der Waals surface area contributed by atoms with Gasteiger partial charge in [0.05, 0.1) is 5.41 Å². The van der Waals surface area contributed by atoms with Gasteiger partial charge in [-0.05, 0) is 19.8 Å². The third-order valence-corrected chi connectivity index (χ3v) is 2.46. The van der Waals surface area contributed by atoms with Crippen LogP contribution in [0.1, 0.15) is 33.6 Å². The molecule has 2 heteroatoms. The van der Waals surface area contributed by atoms with Gasteiger partial charge in [-0.15, -0.1) is 0 Å². The van der Waals surface area contributed by atoms with Crippen molar-refractivity contribution in [3.05, 3.63) is 0 Å². The summed E-state index contributed by atoms with van der Waals surface area (Å²) in [6, 6.07) is 0. The smallest absolute Gasteiger partial charge is 0.146 e. The van der Waals surface area contributed by atoms with Crippen LogP contribution in [-0.2, 0) is 9.59 Å². The standard InChI is InChI=1S/C9H14O2/c1-6-4-7(10)9(2,3)8(11)5-6/h6H,4-5H2,1-3H3. The van der Waals surface area contributed by atoms with Gasteiger partial charge in [0, 0.05) is 12.8 Å². The Balaban J connectivity index is 2.84. The van der Waals surface area contributed by atoms with Crippen molar-refractivity contribution in [2.24, 2.45) is 11.3 Å². The van der Waals surface area contributed by atoms with Crippen molar-refractivity contribution in [1.82, 2.24) is 0 Å². The maximum absolute atomic E-state index is 11.3. The van der Waals surface area contributed by atoms with Crippen LogP contribution in [0.25, 0.3) is 0 Å². The zero-order valence-electron chi connectivity index (χ0n) is 7.31. The molecule has 2 nitrogen and oxygen atoms in total. The summed E-state index contributed by atoms with van der Waals surface area (Å²) in [6.07, 6.45) is 1.14. The quantitative estimate of drug-likeness (QED) is 0.496. The molecule has 0 aromatic carbocycles. The van der Waals surface area contributed by atoms with Crippen molar-refractivity contribution in [2.75, 3.05) is 0 Å². The van der Waals surface area contributed by atoms with Crippen molar-refractivity contribution in [3.63, 3.8) is 0 Å². The molecular weight excluding hydrogens is 140 g/mol. The minimum Gasteiger partial charge on any atom is -0.299 e. The monoisotopic (exact) mass is 154 g/mol. The first kappa shape index (κ1) is 8.44. The fraction of sp³-hybridized carbons (Fsp3) is 0.778. The van der Waals surface area contributed by atoms with Crippen LogP contribution >= 0.6 is 0 Å². The van der Waals surface area contributed by atoms with Gasteiger partial charge in [-0.3, -0.25) is 9.59 Å². The normalized spacial score (nSPS) is 25.7. The largest absolute Gasteiger partial charge is 0.299 e. The van der Waals surface area contributed by atoms with E-state index in [-0.39, 0.29) is 17.5 Å². The second-order valence-electron chi connectivity index (χ2n) is 3.98. The third-order valence-electron chi connectivity index (χ3n) is 2.46. The van der Waals surface area contributed by atoms with Crippen LogP contribution < -0.4 is 0 Å². The third kappa shape index (κ3) is 1.35. The van der Waals surface area contributed by atoms with Gasteiger partial charge in [0.2, 0.25) is 0 Å². The van der Waals surface area contributed by atoms with E-state index in [1.807, 2.05) is 6.92 Å². The van der Waals surface area contributed by atoms with Gasteiger partial charge >= 0.3 is 0 Å². The van der Waals surface area contributed by atoms with Crippen LogP contribution in [0.15, 0.2) is 0 Å². The second-order valence-corrected chi connectivity index (χ2v) is 3.98. The summed E-state index contributed by atoms with van der Waals surface area (Å²) in [5.74, 6) is 0.450. The Kier molecular flexibility index (Phi) is 1.87. The molecule has 62 valence electrons. The van der Waals surface area contributed by atoms with Crippen molar-refractivity contribution in [3.8, 4) is 0 Å². The van der Waals surface area contributed by atoms with Crippen LogP contribution in [0.5, 0.6) is 0 Å². The van der Waals surface area contributed by atoms with E-state index in [1.54, 1.807) is 13.8 Å². The highest BCUT2D eigenvalue weighted by Crippen LogP contribution is 2.31. The molecule has 0 bridgehead atoms. The molecule has 0 aromatic heterocycles. The van der Waals surface area contributed by atoms with Crippen LogP contribution in [0.4, 0.5) is 0 Å². The number of carbonyl (C=O) groups is 2. The van der Waals surface area contributed by atoms with Gasteiger partial charge in [-0.25, -0.2) is 0 Å². The molecule has 1 rings (SSSR count). The highest BCUT2D eigenvalue weighted by Gasteiger charge is 2.40. The van der Waals surface area contributed by atoms with Crippen molar-refractivity contribution >= 4 is 11.6 Å². The molecule has 0 spiro atoms. The van der Waals surface area contributed by atoms with Gasteiger partial charge in [-0.2, -0.15) is 0 Å². The summed E-state index contributed by atoms with van der Waals surface area (Å²) in [7, 11) is 0. The first-order valence-corrected chi connectivity index (χ1v) is 4.01. The molecule has 1 fully saturated rings. The second kappa shape index (κ2) is 2.43.